The number of tetrazole rings is 1. The van der Waals surface area contributed by atoms with E-state index in [4.69, 9.17) is 0 Å². The SMILES string of the molecule is O=c1n(CC2CC(F)(F)C2)nnn1C1CCCC1. The summed E-state index contributed by atoms with van der Waals surface area (Å²) in [5.41, 5.74) is -0.253. The minimum absolute atomic E-state index is 0.143. The molecule has 0 N–H and O–H groups in total. The highest BCUT2D eigenvalue weighted by atomic mass is 19.3. The van der Waals surface area contributed by atoms with Crippen LogP contribution >= 0.6 is 0 Å². The van der Waals surface area contributed by atoms with Crippen LogP contribution in [0.4, 0.5) is 8.78 Å². The minimum atomic E-state index is -2.55. The van der Waals surface area contributed by atoms with Gasteiger partial charge in [0.15, 0.2) is 0 Å². The van der Waals surface area contributed by atoms with Crippen molar-refractivity contribution in [1.82, 2.24) is 19.8 Å². The third-order valence-corrected chi connectivity index (χ3v) is 3.94. The molecule has 0 spiro atoms. The molecule has 18 heavy (non-hydrogen) atoms. The van der Waals surface area contributed by atoms with Crippen molar-refractivity contribution in [2.75, 3.05) is 0 Å². The lowest BCUT2D eigenvalue weighted by molar-refractivity contribution is -0.115. The number of halogens is 2. The normalized spacial score (nSPS) is 24.3. The Morgan fingerprint density at radius 1 is 1.22 bits per heavy atom. The second kappa shape index (κ2) is 4.13. The third kappa shape index (κ3) is 2.06. The fourth-order valence-corrected chi connectivity index (χ4v) is 2.94. The molecule has 0 radical (unpaired) electrons. The molecule has 1 heterocycles. The number of alkyl halides is 2. The van der Waals surface area contributed by atoms with E-state index >= 15 is 0 Å². The number of hydrogen-bond acceptors (Lipinski definition) is 3. The number of nitrogens with zero attached hydrogens (tertiary/aromatic N) is 4. The van der Waals surface area contributed by atoms with E-state index in [2.05, 4.69) is 10.4 Å². The molecule has 0 amide bonds. The molecule has 1 aromatic rings. The van der Waals surface area contributed by atoms with Crippen LogP contribution in [0.2, 0.25) is 0 Å². The largest absolute Gasteiger partial charge is 0.363 e. The van der Waals surface area contributed by atoms with Gasteiger partial charge in [-0.15, -0.1) is 0 Å². The van der Waals surface area contributed by atoms with E-state index in [1.54, 1.807) is 0 Å². The van der Waals surface area contributed by atoms with Gasteiger partial charge in [-0.1, -0.05) is 12.8 Å². The van der Waals surface area contributed by atoms with Gasteiger partial charge >= 0.3 is 5.69 Å². The van der Waals surface area contributed by atoms with Crippen molar-refractivity contribution in [2.45, 2.75) is 57.0 Å². The summed E-state index contributed by atoms with van der Waals surface area (Å²) < 4.78 is 28.1. The van der Waals surface area contributed by atoms with Gasteiger partial charge in [-0.2, -0.15) is 9.36 Å². The molecule has 7 heteroatoms. The summed E-state index contributed by atoms with van der Waals surface area (Å²) in [6.07, 6.45) is 3.85. The Balaban J connectivity index is 1.69. The van der Waals surface area contributed by atoms with Crippen molar-refractivity contribution < 1.29 is 8.78 Å². The zero-order chi connectivity index (χ0) is 12.8. The van der Waals surface area contributed by atoms with Crippen LogP contribution in [0.15, 0.2) is 4.79 Å². The predicted molar refractivity (Wildman–Crippen MR) is 59.5 cm³/mol. The van der Waals surface area contributed by atoms with Crippen molar-refractivity contribution in [3.63, 3.8) is 0 Å². The van der Waals surface area contributed by atoms with Crippen LogP contribution in [-0.2, 0) is 6.54 Å². The molecule has 2 fully saturated rings. The second-order valence-corrected chi connectivity index (χ2v) is 5.46. The van der Waals surface area contributed by atoms with Gasteiger partial charge in [0.05, 0.1) is 12.6 Å². The number of hydrogen-bond donors (Lipinski definition) is 0. The quantitative estimate of drug-likeness (QED) is 0.827. The van der Waals surface area contributed by atoms with E-state index in [1.165, 1.54) is 9.36 Å². The Kier molecular flexibility index (Phi) is 2.71. The summed E-state index contributed by atoms with van der Waals surface area (Å²) in [6.45, 7) is 0.265. The van der Waals surface area contributed by atoms with Gasteiger partial charge in [0.2, 0.25) is 5.92 Å². The molecule has 2 saturated carbocycles. The Bertz CT molecular complexity index is 481. The minimum Gasteiger partial charge on any atom is -0.244 e. The molecule has 2 aliphatic carbocycles. The molecule has 0 aliphatic heterocycles. The highest BCUT2D eigenvalue weighted by Crippen LogP contribution is 2.42. The maximum absolute atomic E-state index is 12.7. The van der Waals surface area contributed by atoms with Gasteiger partial charge in [0.25, 0.3) is 0 Å². The smallest absolute Gasteiger partial charge is 0.244 e. The summed E-state index contributed by atoms with van der Waals surface area (Å²) in [5, 5.41) is 7.68. The number of rotatable bonds is 3. The molecule has 0 atom stereocenters. The van der Waals surface area contributed by atoms with Crippen molar-refractivity contribution in [3.8, 4) is 0 Å². The van der Waals surface area contributed by atoms with Crippen LogP contribution in [0.5, 0.6) is 0 Å². The van der Waals surface area contributed by atoms with Crippen molar-refractivity contribution >= 4 is 0 Å². The molecule has 5 nitrogen and oxygen atoms in total. The second-order valence-electron chi connectivity index (χ2n) is 5.46. The molecule has 1 aromatic heterocycles. The molecular formula is C11H16F2N4O. The molecule has 0 bridgehead atoms. The van der Waals surface area contributed by atoms with Crippen molar-refractivity contribution in [3.05, 3.63) is 10.5 Å². The maximum atomic E-state index is 12.7. The van der Waals surface area contributed by atoms with Gasteiger partial charge < -0.3 is 0 Å². The van der Waals surface area contributed by atoms with Gasteiger partial charge in [0, 0.05) is 12.8 Å². The first kappa shape index (κ1) is 11.8. The lowest BCUT2D eigenvalue weighted by atomic mass is 9.81. The fourth-order valence-electron chi connectivity index (χ4n) is 2.94. The van der Waals surface area contributed by atoms with Crippen LogP contribution < -0.4 is 5.69 Å². The van der Waals surface area contributed by atoms with Gasteiger partial charge in [-0.25, -0.2) is 13.6 Å². The molecule has 0 aromatic carbocycles. The number of aromatic nitrogens is 4. The Morgan fingerprint density at radius 3 is 2.50 bits per heavy atom. The average molecular weight is 258 g/mol. The van der Waals surface area contributed by atoms with Crippen LogP contribution in [0, 0.1) is 5.92 Å². The monoisotopic (exact) mass is 258 g/mol. The Labute approximate surface area is 103 Å². The van der Waals surface area contributed by atoms with E-state index < -0.39 is 5.92 Å². The van der Waals surface area contributed by atoms with Crippen LogP contribution in [0.25, 0.3) is 0 Å². The summed E-state index contributed by atoms with van der Waals surface area (Å²) >= 11 is 0. The molecule has 100 valence electrons. The Hall–Kier alpha value is -1.27. The van der Waals surface area contributed by atoms with Gasteiger partial charge in [-0.3, -0.25) is 0 Å². The van der Waals surface area contributed by atoms with E-state index in [0.717, 1.165) is 25.7 Å². The molecule has 2 aliphatic rings. The van der Waals surface area contributed by atoms with E-state index in [0.29, 0.717) is 0 Å². The van der Waals surface area contributed by atoms with E-state index in [-0.39, 0.29) is 37.0 Å². The molecular weight excluding hydrogens is 242 g/mol. The van der Waals surface area contributed by atoms with E-state index in [1.807, 2.05) is 0 Å². The van der Waals surface area contributed by atoms with Crippen LogP contribution in [0.3, 0.4) is 0 Å². The first-order valence-corrected chi connectivity index (χ1v) is 6.45. The summed E-state index contributed by atoms with van der Waals surface area (Å²) in [6, 6.07) is 0.147. The first-order chi connectivity index (χ1) is 8.55. The summed E-state index contributed by atoms with van der Waals surface area (Å²) in [4.78, 5) is 12.0. The lowest BCUT2D eigenvalue weighted by Crippen LogP contribution is -2.40. The van der Waals surface area contributed by atoms with E-state index in [9.17, 15) is 13.6 Å². The summed E-state index contributed by atoms with van der Waals surface area (Å²) in [7, 11) is 0. The molecule has 0 unspecified atom stereocenters. The van der Waals surface area contributed by atoms with Crippen molar-refractivity contribution in [2.24, 2.45) is 5.92 Å². The lowest BCUT2D eigenvalue weighted by Gasteiger charge is -2.34. The fraction of sp³-hybridized carbons (Fsp3) is 0.909. The molecule has 3 rings (SSSR count). The molecule has 0 saturated heterocycles. The van der Waals surface area contributed by atoms with Gasteiger partial charge in [-0.05, 0) is 29.2 Å². The highest BCUT2D eigenvalue weighted by molar-refractivity contribution is 4.86. The van der Waals surface area contributed by atoms with Crippen molar-refractivity contribution in [1.29, 1.82) is 0 Å². The topological polar surface area (TPSA) is 52.7 Å². The average Bonchev–Trinajstić information content (AvgIpc) is 2.87. The van der Waals surface area contributed by atoms with Crippen LogP contribution in [-0.4, -0.2) is 25.7 Å². The zero-order valence-electron chi connectivity index (χ0n) is 10.1. The standard InChI is InChI=1S/C11H16F2N4O/c12-11(13)5-8(6-11)7-16-10(18)17(15-14-16)9-3-1-2-4-9/h8-9H,1-7H2. The summed E-state index contributed by atoms with van der Waals surface area (Å²) in [5.74, 6) is -2.69. The third-order valence-electron chi connectivity index (χ3n) is 3.94. The van der Waals surface area contributed by atoms with Crippen LogP contribution in [0.1, 0.15) is 44.6 Å². The first-order valence-electron chi connectivity index (χ1n) is 6.45. The Morgan fingerprint density at radius 2 is 1.89 bits per heavy atom. The zero-order valence-corrected chi connectivity index (χ0v) is 10.1. The predicted octanol–water partition coefficient (Wildman–Crippen LogP) is 1.60. The maximum Gasteiger partial charge on any atom is 0.363 e. The highest BCUT2D eigenvalue weighted by Gasteiger charge is 2.45. The van der Waals surface area contributed by atoms with Gasteiger partial charge in [0.1, 0.15) is 0 Å².